The van der Waals surface area contributed by atoms with Crippen molar-refractivity contribution in [2.24, 2.45) is 0 Å². The zero-order valence-corrected chi connectivity index (χ0v) is 8.95. The molecule has 0 radical (unpaired) electrons. The molecule has 15 heavy (non-hydrogen) atoms. The summed E-state index contributed by atoms with van der Waals surface area (Å²) in [5, 5.41) is 0. The number of ether oxygens (including phenoxy) is 1. The first-order valence-corrected chi connectivity index (χ1v) is 5.39. The zero-order valence-electron chi connectivity index (χ0n) is 8.95. The molecule has 0 aliphatic carbocycles. The molecule has 1 heterocycles. The molecule has 0 amide bonds. The third kappa shape index (κ3) is 2.55. The quantitative estimate of drug-likeness (QED) is 0.740. The van der Waals surface area contributed by atoms with Gasteiger partial charge in [-0.1, -0.05) is 19.1 Å². The Morgan fingerprint density at radius 1 is 1.53 bits per heavy atom. The first-order chi connectivity index (χ1) is 7.29. The van der Waals surface area contributed by atoms with Crippen LogP contribution in [0.5, 0.6) is 0 Å². The van der Waals surface area contributed by atoms with Crippen molar-refractivity contribution in [3.8, 4) is 0 Å². The Hall–Kier alpha value is -0.930. The molecular formula is C12H16FNO. The Labute approximate surface area is 89.7 Å². The van der Waals surface area contributed by atoms with Gasteiger partial charge < -0.3 is 4.74 Å². The number of likely N-dealkylation sites (N-methyl/N-ethyl adjacent to an activating group) is 1. The molecule has 82 valence electrons. The molecule has 3 heteroatoms. The highest BCUT2D eigenvalue weighted by Crippen LogP contribution is 2.22. The van der Waals surface area contributed by atoms with Crippen LogP contribution in [0, 0.1) is 5.82 Å². The van der Waals surface area contributed by atoms with E-state index in [0.29, 0.717) is 0 Å². The second-order valence-electron chi connectivity index (χ2n) is 3.81. The molecule has 0 N–H and O–H groups in total. The molecule has 0 aromatic heterocycles. The van der Waals surface area contributed by atoms with Gasteiger partial charge in [-0.3, -0.25) is 4.90 Å². The smallest absolute Gasteiger partial charge is 0.123 e. The van der Waals surface area contributed by atoms with E-state index in [9.17, 15) is 4.39 Å². The highest BCUT2D eigenvalue weighted by Gasteiger charge is 2.20. The van der Waals surface area contributed by atoms with Gasteiger partial charge in [0, 0.05) is 13.1 Å². The molecule has 0 unspecified atom stereocenters. The third-order valence-corrected chi connectivity index (χ3v) is 2.82. The highest BCUT2D eigenvalue weighted by molar-refractivity contribution is 5.19. The minimum atomic E-state index is -0.190. The largest absolute Gasteiger partial charge is 0.371 e. The van der Waals surface area contributed by atoms with E-state index in [1.165, 1.54) is 6.07 Å². The van der Waals surface area contributed by atoms with Crippen LogP contribution >= 0.6 is 0 Å². The van der Waals surface area contributed by atoms with Crippen LogP contribution in [-0.2, 0) is 4.74 Å². The van der Waals surface area contributed by atoms with Crippen LogP contribution in [0.1, 0.15) is 18.6 Å². The van der Waals surface area contributed by atoms with Crippen molar-refractivity contribution >= 4 is 0 Å². The summed E-state index contributed by atoms with van der Waals surface area (Å²) < 4.78 is 18.7. The first kappa shape index (κ1) is 10.6. The van der Waals surface area contributed by atoms with Crippen molar-refractivity contribution in [2.75, 3.05) is 26.2 Å². The molecule has 1 fully saturated rings. The molecule has 1 atom stereocenters. The van der Waals surface area contributed by atoms with E-state index in [0.717, 1.165) is 31.8 Å². The summed E-state index contributed by atoms with van der Waals surface area (Å²) in [6.07, 6.45) is 0.0226. The SMILES string of the molecule is CCN1CCO[C@H](c2cccc(F)c2)C1. The van der Waals surface area contributed by atoms with Gasteiger partial charge in [-0.15, -0.1) is 0 Å². The van der Waals surface area contributed by atoms with Gasteiger partial charge in [0.05, 0.1) is 12.7 Å². The average molecular weight is 209 g/mol. The molecule has 2 rings (SSSR count). The number of morpholine rings is 1. The van der Waals surface area contributed by atoms with Gasteiger partial charge in [-0.05, 0) is 24.2 Å². The van der Waals surface area contributed by atoms with Crippen molar-refractivity contribution in [1.82, 2.24) is 4.90 Å². The summed E-state index contributed by atoms with van der Waals surface area (Å²) in [4.78, 5) is 2.32. The number of benzene rings is 1. The fourth-order valence-electron chi connectivity index (χ4n) is 1.90. The Morgan fingerprint density at radius 2 is 2.40 bits per heavy atom. The third-order valence-electron chi connectivity index (χ3n) is 2.82. The molecule has 1 saturated heterocycles. The minimum Gasteiger partial charge on any atom is -0.371 e. The van der Waals surface area contributed by atoms with E-state index in [4.69, 9.17) is 4.74 Å². The predicted octanol–water partition coefficient (Wildman–Crippen LogP) is 2.22. The van der Waals surface area contributed by atoms with Gasteiger partial charge in [0.25, 0.3) is 0 Å². The number of nitrogens with zero attached hydrogens (tertiary/aromatic N) is 1. The summed E-state index contributed by atoms with van der Waals surface area (Å²) in [5.41, 5.74) is 0.938. The molecule has 2 nitrogen and oxygen atoms in total. The number of rotatable bonds is 2. The molecule has 0 spiro atoms. The standard InChI is InChI=1S/C12H16FNO/c1-2-14-6-7-15-12(9-14)10-4-3-5-11(13)8-10/h3-5,8,12H,2,6-7,9H2,1H3/t12-/m0/s1. The first-order valence-electron chi connectivity index (χ1n) is 5.39. The summed E-state index contributed by atoms with van der Waals surface area (Å²) in [5.74, 6) is -0.190. The zero-order chi connectivity index (χ0) is 10.7. The molecule has 0 saturated carbocycles. The lowest BCUT2D eigenvalue weighted by Gasteiger charge is -2.32. The van der Waals surface area contributed by atoms with E-state index in [1.54, 1.807) is 12.1 Å². The van der Waals surface area contributed by atoms with E-state index < -0.39 is 0 Å². The van der Waals surface area contributed by atoms with Crippen molar-refractivity contribution in [2.45, 2.75) is 13.0 Å². The van der Waals surface area contributed by atoms with Crippen LogP contribution in [0.3, 0.4) is 0 Å². The number of hydrogen-bond acceptors (Lipinski definition) is 2. The Morgan fingerprint density at radius 3 is 3.13 bits per heavy atom. The molecule has 1 aliphatic heterocycles. The second-order valence-corrected chi connectivity index (χ2v) is 3.81. The van der Waals surface area contributed by atoms with Crippen LogP contribution in [0.4, 0.5) is 4.39 Å². The van der Waals surface area contributed by atoms with Gasteiger partial charge >= 0.3 is 0 Å². The van der Waals surface area contributed by atoms with Crippen molar-refractivity contribution < 1.29 is 9.13 Å². The molecule has 1 aliphatic rings. The Bertz CT molecular complexity index is 329. The van der Waals surface area contributed by atoms with Crippen LogP contribution in [0.2, 0.25) is 0 Å². The fraction of sp³-hybridized carbons (Fsp3) is 0.500. The summed E-state index contributed by atoms with van der Waals surface area (Å²) in [7, 11) is 0. The van der Waals surface area contributed by atoms with Crippen molar-refractivity contribution in [3.63, 3.8) is 0 Å². The van der Waals surface area contributed by atoms with Crippen LogP contribution < -0.4 is 0 Å². The monoisotopic (exact) mass is 209 g/mol. The van der Waals surface area contributed by atoms with E-state index >= 15 is 0 Å². The van der Waals surface area contributed by atoms with E-state index in [-0.39, 0.29) is 11.9 Å². The Kier molecular flexibility index (Phi) is 3.34. The maximum absolute atomic E-state index is 13.0. The predicted molar refractivity (Wildman–Crippen MR) is 57.2 cm³/mol. The summed E-state index contributed by atoms with van der Waals surface area (Å²) >= 11 is 0. The normalized spacial score (nSPS) is 22.9. The highest BCUT2D eigenvalue weighted by atomic mass is 19.1. The summed E-state index contributed by atoms with van der Waals surface area (Å²) in [6, 6.07) is 6.68. The van der Waals surface area contributed by atoms with E-state index in [2.05, 4.69) is 11.8 Å². The Balaban J connectivity index is 2.09. The topological polar surface area (TPSA) is 12.5 Å². The average Bonchev–Trinajstić information content (AvgIpc) is 2.29. The minimum absolute atomic E-state index is 0.0226. The van der Waals surface area contributed by atoms with Gasteiger partial charge in [0.2, 0.25) is 0 Å². The van der Waals surface area contributed by atoms with E-state index in [1.807, 2.05) is 6.07 Å². The lowest BCUT2D eigenvalue weighted by molar-refractivity contribution is -0.0282. The fourth-order valence-corrected chi connectivity index (χ4v) is 1.90. The van der Waals surface area contributed by atoms with Gasteiger partial charge in [-0.2, -0.15) is 0 Å². The number of halogens is 1. The second kappa shape index (κ2) is 4.73. The molecular weight excluding hydrogens is 193 g/mol. The lowest BCUT2D eigenvalue weighted by Crippen LogP contribution is -2.38. The maximum Gasteiger partial charge on any atom is 0.123 e. The molecule has 1 aromatic rings. The van der Waals surface area contributed by atoms with Gasteiger partial charge in [0.1, 0.15) is 5.82 Å². The molecule has 1 aromatic carbocycles. The van der Waals surface area contributed by atoms with Crippen LogP contribution in [0.15, 0.2) is 24.3 Å². The van der Waals surface area contributed by atoms with Crippen LogP contribution in [-0.4, -0.2) is 31.1 Å². The lowest BCUT2D eigenvalue weighted by atomic mass is 10.1. The van der Waals surface area contributed by atoms with Gasteiger partial charge in [0.15, 0.2) is 0 Å². The van der Waals surface area contributed by atoms with Crippen LogP contribution in [0.25, 0.3) is 0 Å². The number of hydrogen-bond donors (Lipinski definition) is 0. The van der Waals surface area contributed by atoms with Crippen molar-refractivity contribution in [3.05, 3.63) is 35.6 Å². The van der Waals surface area contributed by atoms with Gasteiger partial charge in [-0.25, -0.2) is 4.39 Å². The van der Waals surface area contributed by atoms with Crippen molar-refractivity contribution in [1.29, 1.82) is 0 Å². The molecule has 0 bridgehead atoms. The summed E-state index contributed by atoms with van der Waals surface area (Å²) in [6.45, 7) is 5.72. The maximum atomic E-state index is 13.0.